The lowest BCUT2D eigenvalue weighted by Gasteiger charge is -2.46. The van der Waals surface area contributed by atoms with E-state index in [0.717, 1.165) is 19.4 Å². The number of benzene rings is 2. The number of nitrogens with zero attached hydrogens (tertiary/aromatic N) is 5. The Hall–Kier alpha value is -4.27. The van der Waals surface area contributed by atoms with Crippen LogP contribution in [0.15, 0.2) is 41.3 Å². The Kier molecular flexibility index (Phi) is 5.78. The minimum Gasteiger partial charge on any atom is -0.508 e. The maximum absolute atomic E-state index is 14.9. The molecule has 2 unspecified atom stereocenters. The third-order valence-corrected chi connectivity index (χ3v) is 9.71. The van der Waals surface area contributed by atoms with E-state index < -0.39 is 29.6 Å². The van der Waals surface area contributed by atoms with Crippen LogP contribution in [0.5, 0.6) is 11.8 Å². The third-order valence-electron chi connectivity index (χ3n) is 9.71. The van der Waals surface area contributed by atoms with Gasteiger partial charge in [-0.1, -0.05) is 12.0 Å². The summed E-state index contributed by atoms with van der Waals surface area (Å²) < 4.78 is 54.8. The largest absolute Gasteiger partial charge is 0.508 e. The summed E-state index contributed by atoms with van der Waals surface area (Å²) in [5.74, 6) is 2.03. The summed E-state index contributed by atoms with van der Waals surface area (Å²) in [4.78, 5) is 27.5. The second-order valence-corrected chi connectivity index (χ2v) is 12.3. The van der Waals surface area contributed by atoms with E-state index in [4.69, 9.17) is 18.9 Å². The highest BCUT2D eigenvalue weighted by Gasteiger charge is 2.49. The van der Waals surface area contributed by atoms with Crippen molar-refractivity contribution in [3.8, 4) is 29.8 Å². The number of aromatic hydroxyl groups is 1. The smallest absolute Gasteiger partial charge is 0.319 e. The lowest BCUT2D eigenvalue weighted by molar-refractivity contribution is 0.107. The van der Waals surface area contributed by atoms with Crippen LogP contribution >= 0.6 is 0 Å². The van der Waals surface area contributed by atoms with Crippen molar-refractivity contribution in [2.75, 3.05) is 37.6 Å². The average Bonchev–Trinajstić information content (AvgIpc) is 3.59. The molecule has 0 radical (unpaired) electrons. The topological polar surface area (TPSA) is 95.8 Å². The van der Waals surface area contributed by atoms with Crippen LogP contribution in [0.4, 0.5) is 14.6 Å². The molecular weight excluding hydrogens is 566 g/mol. The van der Waals surface area contributed by atoms with Crippen LogP contribution in [0.1, 0.15) is 40.4 Å². The number of phenolic OH excluding ortho intramolecular Hbond substituents is 1. The molecular formula is C33H32F2N6O3. The van der Waals surface area contributed by atoms with Gasteiger partial charge in [0.1, 0.15) is 35.6 Å². The number of rotatable bonds is 5. The summed E-state index contributed by atoms with van der Waals surface area (Å²) in [6.07, 6.45) is 9.09. The van der Waals surface area contributed by atoms with Gasteiger partial charge in [0.25, 0.3) is 5.56 Å². The van der Waals surface area contributed by atoms with E-state index in [1.54, 1.807) is 6.07 Å². The van der Waals surface area contributed by atoms with Gasteiger partial charge >= 0.3 is 6.01 Å². The van der Waals surface area contributed by atoms with Gasteiger partial charge in [-0.25, -0.2) is 8.78 Å². The van der Waals surface area contributed by atoms with Gasteiger partial charge in [-0.3, -0.25) is 14.3 Å². The Bertz CT molecular complexity index is 2010. The predicted molar refractivity (Wildman–Crippen MR) is 163 cm³/mol. The number of nitrogens with one attached hydrogen (secondary N) is 1. The highest BCUT2D eigenvalue weighted by atomic mass is 19.1. The monoisotopic (exact) mass is 600 g/mol. The molecule has 2 aromatic heterocycles. The molecule has 9 rings (SSSR count). The van der Waals surface area contributed by atoms with Gasteiger partial charge in [0.15, 0.2) is 0 Å². The van der Waals surface area contributed by atoms with Gasteiger partial charge in [-0.15, -0.1) is 6.42 Å². The van der Waals surface area contributed by atoms with Crippen LogP contribution in [0.25, 0.3) is 27.4 Å². The molecule has 4 aromatic rings. The molecule has 4 atom stereocenters. The van der Waals surface area contributed by atoms with Crippen molar-refractivity contribution in [1.82, 2.24) is 24.8 Å². The number of terminal acetylenes is 1. The summed E-state index contributed by atoms with van der Waals surface area (Å²) in [5, 5.41) is 15.2. The fourth-order valence-electron chi connectivity index (χ4n) is 7.64. The molecule has 5 aliphatic rings. The number of hydrogen-bond acceptors (Lipinski definition) is 8. The fraction of sp³-hybridized carbons (Fsp3) is 0.424. The fourth-order valence-corrected chi connectivity index (χ4v) is 7.64. The molecule has 0 saturated carbocycles. The van der Waals surface area contributed by atoms with Crippen LogP contribution in [0.2, 0.25) is 0 Å². The first-order valence-corrected chi connectivity index (χ1v) is 15.0. The third kappa shape index (κ3) is 4.23. The summed E-state index contributed by atoms with van der Waals surface area (Å²) >= 11 is 0. The van der Waals surface area contributed by atoms with Gasteiger partial charge in [0, 0.05) is 55.8 Å². The summed E-state index contributed by atoms with van der Waals surface area (Å²) in [7, 11) is 0. The van der Waals surface area contributed by atoms with E-state index in [0.29, 0.717) is 42.5 Å². The highest BCUT2D eigenvalue weighted by Crippen LogP contribution is 2.41. The Morgan fingerprint density at radius 3 is 2.91 bits per heavy atom. The second kappa shape index (κ2) is 10.1. The molecule has 5 fully saturated rings. The van der Waals surface area contributed by atoms with Gasteiger partial charge in [-0.2, -0.15) is 9.97 Å². The first-order valence-electron chi connectivity index (χ1n) is 16.0. The predicted octanol–water partition coefficient (Wildman–Crippen LogP) is 3.66. The highest BCUT2D eigenvalue weighted by molar-refractivity contribution is 5.97. The first kappa shape index (κ1) is 25.1. The van der Waals surface area contributed by atoms with Crippen LogP contribution in [-0.2, 0) is 0 Å². The number of anilines is 1. The standard InChI is InChI=1S/C33H32F2N6O3/c1-2-24-26(35)7-4-19-12-23(42)13-27(28(19)24)40-11-8-25-29(31(40)43)37-32(38-30(25)41-17-21-5-6-22(41)15-36-21)44-18-33-9-3-10-39(33)16-20(34)14-33/h1,4,7-8,11-13,20-22,36,42H,3,5-6,9-10,14-18H2/t20-,21?,22?,33+/m1/s1/i18D2. The van der Waals surface area contributed by atoms with Crippen molar-refractivity contribution in [3.63, 3.8) is 0 Å². The molecule has 5 saturated heterocycles. The van der Waals surface area contributed by atoms with E-state index in [1.807, 2.05) is 4.90 Å². The number of ether oxygens (including phenoxy) is 1. The number of halogens is 2. The number of piperazine rings is 1. The van der Waals surface area contributed by atoms with Crippen LogP contribution < -0.4 is 20.5 Å². The molecule has 5 aliphatic heterocycles. The van der Waals surface area contributed by atoms with E-state index in [-0.39, 0.29) is 59.0 Å². The van der Waals surface area contributed by atoms with Gasteiger partial charge < -0.3 is 20.1 Å². The Morgan fingerprint density at radius 1 is 1.25 bits per heavy atom. The molecule has 226 valence electrons. The number of pyridine rings is 1. The summed E-state index contributed by atoms with van der Waals surface area (Å²) in [6.45, 7) is -0.281. The molecule has 7 heterocycles. The normalized spacial score (nSPS) is 27.4. The van der Waals surface area contributed by atoms with Crippen molar-refractivity contribution in [2.24, 2.45) is 0 Å². The first-order chi connectivity index (χ1) is 22.1. The quantitative estimate of drug-likeness (QED) is 0.336. The molecule has 0 amide bonds. The van der Waals surface area contributed by atoms with Crippen molar-refractivity contribution < 1.29 is 21.4 Å². The zero-order chi connectivity index (χ0) is 32.0. The minimum atomic E-state index is -2.35. The van der Waals surface area contributed by atoms with Crippen molar-refractivity contribution >= 4 is 27.5 Å². The zero-order valence-corrected chi connectivity index (χ0v) is 23.9. The van der Waals surface area contributed by atoms with Crippen molar-refractivity contribution in [1.29, 1.82) is 0 Å². The van der Waals surface area contributed by atoms with Gasteiger partial charge in [0.05, 0.1) is 24.9 Å². The van der Waals surface area contributed by atoms with Gasteiger partial charge in [0.2, 0.25) is 0 Å². The number of fused-ring (bicyclic) bond motifs is 6. The van der Waals surface area contributed by atoms with Crippen LogP contribution in [0.3, 0.4) is 0 Å². The summed E-state index contributed by atoms with van der Waals surface area (Å²) in [6, 6.07) is 7.16. The molecule has 44 heavy (non-hydrogen) atoms. The second-order valence-electron chi connectivity index (χ2n) is 12.3. The number of piperidine rings is 2. The zero-order valence-electron chi connectivity index (χ0n) is 25.9. The molecule has 2 bridgehead atoms. The summed E-state index contributed by atoms with van der Waals surface area (Å²) in [5.41, 5.74) is -1.73. The molecule has 0 spiro atoms. The molecule has 9 nitrogen and oxygen atoms in total. The van der Waals surface area contributed by atoms with Crippen molar-refractivity contribution in [3.05, 3.63) is 58.3 Å². The number of phenols is 1. The SMILES string of the molecule is [2H]C([2H])(Oc1nc(N2CC3CCC2CN3)c2ccn(-c3cc(O)cc4ccc(F)c(C#C)c34)c(=O)c2n1)[C@@]12CCCN1C[C@H](F)C2. The van der Waals surface area contributed by atoms with Gasteiger partial charge in [-0.05, 0) is 55.8 Å². The lowest BCUT2D eigenvalue weighted by Crippen LogP contribution is -2.61. The lowest BCUT2D eigenvalue weighted by atomic mass is 9.93. The van der Waals surface area contributed by atoms with E-state index in [2.05, 4.69) is 21.1 Å². The maximum Gasteiger partial charge on any atom is 0.319 e. The maximum atomic E-state index is 14.9. The molecule has 2 N–H and O–H groups in total. The van der Waals surface area contributed by atoms with Crippen LogP contribution in [0, 0.1) is 18.2 Å². The van der Waals surface area contributed by atoms with E-state index >= 15 is 0 Å². The Labute approximate surface area is 255 Å². The van der Waals surface area contributed by atoms with Crippen molar-refractivity contribution in [2.45, 2.75) is 55.9 Å². The average molecular weight is 601 g/mol. The number of aromatic nitrogens is 3. The Morgan fingerprint density at radius 2 is 2.14 bits per heavy atom. The number of alkyl halides is 1. The van der Waals surface area contributed by atoms with E-state index in [1.165, 1.54) is 35.0 Å². The Balaban J connectivity index is 1.32. The number of hydrogen-bond donors (Lipinski definition) is 2. The van der Waals surface area contributed by atoms with E-state index in [9.17, 15) is 18.7 Å². The van der Waals surface area contributed by atoms with Crippen LogP contribution in [-0.4, -0.2) is 81.1 Å². The molecule has 2 aromatic carbocycles. The molecule has 0 aliphatic carbocycles. The minimum absolute atomic E-state index is 0.00651. The molecule has 11 heteroatoms.